The predicted octanol–water partition coefficient (Wildman–Crippen LogP) is 0.138. The van der Waals surface area contributed by atoms with E-state index < -0.39 is 10.0 Å². The van der Waals surface area contributed by atoms with E-state index in [2.05, 4.69) is 10.2 Å². The lowest BCUT2D eigenvalue weighted by molar-refractivity contribution is 0.392. The van der Waals surface area contributed by atoms with Gasteiger partial charge in [0.15, 0.2) is 0 Å². The zero-order chi connectivity index (χ0) is 12.6. The van der Waals surface area contributed by atoms with E-state index in [0.29, 0.717) is 29.4 Å². The Bertz CT molecular complexity index is 489. The molecule has 6 nitrogen and oxygen atoms in total. The van der Waals surface area contributed by atoms with Crippen molar-refractivity contribution in [2.24, 2.45) is 5.73 Å². The molecule has 17 heavy (non-hydrogen) atoms. The highest BCUT2D eigenvalue weighted by atomic mass is 32.2. The minimum absolute atomic E-state index is 0.0753. The standard InChI is InChI=1S/C10H18N4O2S/c1-7-10(8(2)13-12-7)17(15,16)14-5-3-4-9(14)6-11/h9H,3-6,11H2,1-2H3,(H,12,13)/t9-/m1/s1. The van der Waals surface area contributed by atoms with Crippen molar-refractivity contribution in [3.8, 4) is 0 Å². The van der Waals surface area contributed by atoms with Gasteiger partial charge in [0.1, 0.15) is 4.90 Å². The maximum atomic E-state index is 12.5. The first-order valence-electron chi connectivity index (χ1n) is 5.72. The van der Waals surface area contributed by atoms with Gasteiger partial charge in [0.25, 0.3) is 0 Å². The van der Waals surface area contributed by atoms with Gasteiger partial charge < -0.3 is 5.73 Å². The number of nitrogens with two attached hydrogens (primary N) is 1. The molecule has 96 valence electrons. The maximum absolute atomic E-state index is 12.5. The molecule has 2 heterocycles. The molecule has 3 N–H and O–H groups in total. The van der Waals surface area contributed by atoms with E-state index >= 15 is 0 Å². The van der Waals surface area contributed by atoms with Crippen LogP contribution >= 0.6 is 0 Å². The molecular weight excluding hydrogens is 240 g/mol. The molecule has 7 heteroatoms. The normalized spacial score (nSPS) is 22.2. The molecule has 1 atom stereocenters. The second kappa shape index (κ2) is 4.40. The summed E-state index contributed by atoms with van der Waals surface area (Å²) in [5.74, 6) is 0. The highest BCUT2D eigenvalue weighted by Crippen LogP contribution is 2.28. The first-order chi connectivity index (χ1) is 7.98. The summed E-state index contributed by atoms with van der Waals surface area (Å²) in [6, 6.07) is -0.0753. The summed E-state index contributed by atoms with van der Waals surface area (Å²) in [5.41, 5.74) is 6.73. The molecule has 1 saturated heterocycles. The minimum atomic E-state index is -3.46. The molecule has 0 saturated carbocycles. The largest absolute Gasteiger partial charge is 0.329 e. The fraction of sp³-hybridized carbons (Fsp3) is 0.700. The minimum Gasteiger partial charge on any atom is -0.329 e. The lowest BCUT2D eigenvalue weighted by Gasteiger charge is -2.22. The summed E-state index contributed by atoms with van der Waals surface area (Å²) in [4.78, 5) is 0.304. The van der Waals surface area contributed by atoms with Crippen LogP contribution in [0.3, 0.4) is 0 Å². The molecule has 0 bridgehead atoms. The number of rotatable bonds is 3. The summed E-state index contributed by atoms with van der Waals surface area (Å²) in [6.45, 7) is 4.34. The lowest BCUT2D eigenvalue weighted by Crippen LogP contribution is -2.40. The third-order valence-corrected chi connectivity index (χ3v) is 5.44. The zero-order valence-electron chi connectivity index (χ0n) is 10.1. The highest BCUT2D eigenvalue weighted by Gasteiger charge is 2.36. The van der Waals surface area contributed by atoms with Gasteiger partial charge in [0, 0.05) is 19.1 Å². The van der Waals surface area contributed by atoms with Crippen LogP contribution in [0, 0.1) is 13.8 Å². The van der Waals surface area contributed by atoms with Crippen molar-refractivity contribution in [3.63, 3.8) is 0 Å². The van der Waals surface area contributed by atoms with Crippen LogP contribution < -0.4 is 5.73 Å². The first-order valence-corrected chi connectivity index (χ1v) is 7.16. The summed E-state index contributed by atoms with van der Waals surface area (Å²) in [6.07, 6.45) is 1.71. The van der Waals surface area contributed by atoms with Gasteiger partial charge in [-0.25, -0.2) is 8.42 Å². The number of hydrogen-bond acceptors (Lipinski definition) is 4. The molecule has 0 aromatic carbocycles. The number of nitrogens with one attached hydrogen (secondary N) is 1. The van der Waals surface area contributed by atoms with Crippen LogP contribution in [0.1, 0.15) is 24.2 Å². The van der Waals surface area contributed by atoms with Crippen molar-refractivity contribution in [2.45, 2.75) is 37.6 Å². The van der Waals surface area contributed by atoms with E-state index in [9.17, 15) is 8.42 Å². The summed E-state index contributed by atoms with van der Waals surface area (Å²) < 4.78 is 26.5. The van der Waals surface area contributed by atoms with Crippen molar-refractivity contribution in [1.82, 2.24) is 14.5 Å². The molecule has 1 aliphatic rings. The Morgan fingerprint density at radius 3 is 2.76 bits per heavy atom. The van der Waals surface area contributed by atoms with Crippen LogP contribution in [0.4, 0.5) is 0 Å². The number of aryl methyl sites for hydroxylation is 2. The van der Waals surface area contributed by atoms with Crippen molar-refractivity contribution in [1.29, 1.82) is 0 Å². The number of nitrogens with zero attached hydrogens (tertiary/aromatic N) is 2. The van der Waals surface area contributed by atoms with E-state index in [1.807, 2.05) is 0 Å². The Morgan fingerprint density at radius 2 is 2.24 bits per heavy atom. The molecule has 1 aromatic rings. The molecule has 0 aliphatic carbocycles. The molecule has 1 fully saturated rings. The molecule has 1 aliphatic heterocycles. The Balaban J connectivity index is 2.43. The second-order valence-electron chi connectivity index (χ2n) is 4.41. The smallest absolute Gasteiger partial charge is 0.247 e. The van der Waals surface area contributed by atoms with Crippen molar-refractivity contribution >= 4 is 10.0 Å². The van der Waals surface area contributed by atoms with Crippen LogP contribution in [0.25, 0.3) is 0 Å². The molecule has 0 radical (unpaired) electrons. The van der Waals surface area contributed by atoms with E-state index in [1.165, 1.54) is 4.31 Å². The second-order valence-corrected chi connectivity index (χ2v) is 6.24. The van der Waals surface area contributed by atoms with Gasteiger partial charge in [-0.1, -0.05) is 0 Å². The van der Waals surface area contributed by atoms with Gasteiger partial charge in [0.2, 0.25) is 10.0 Å². The zero-order valence-corrected chi connectivity index (χ0v) is 10.9. The molecule has 0 spiro atoms. The van der Waals surface area contributed by atoms with Crippen LogP contribution in [-0.2, 0) is 10.0 Å². The van der Waals surface area contributed by atoms with Gasteiger partial charge >= 0.3 is 0 Å². The molecular formula is C10H18N4O2S. The van der Waals surface area contributed by atoms with Gasteiger partial charge in [0.05, 0.1) is 11.4 Å². The van der Waals surface area contributed by atoms with Crippen LogP contribution in [0.15, 0.2) is 4.90 Å². The quantitative estimate of drug-likeness (QED) is 0.806. The van der Waals surface area contributed by atoms with Crippen molar-refractivity contribution < 1.29 is 8.42 Å². The predicted molar refractivity (Wildman–Crippen MR) is 64.0 cm³/mol. The van der Waals surface area contributed by atoms with Crippen molar-refractivity contribution in [2.75, 3.05) is 13.1 Å². The average molecular weight is 258 g/mol. The Hall–Kier alpha value is -0.920. The van der Waals surface area contributed by atoms with Crippen LogP contribution in [0.2, 0.25) is 0 Å². The molecule has 2 rings (SSSR count). The summed E-state index contributed by atoms with van der Waals surface area (Å²) in [5, 5.41) is 6.65. The number of H-pyrrole nitrogens is 1. The maximum Gasteiger partial charge on any atom is 0.247 e. The van der Waals surface area contributed by atoms with E-state index in [4.69, 9.17) is 5.73 Å². The Kier molecular flexibility index (Phi) is 3.24. The summed E-state index contributed by atoms with van der Waals surface area (Å²) >= 11 is 0. The fourth-order valence-corrected chi connectivity index (χ4v) is 4.44. The number of hydrogen-bond donors (Lipinski definition) is 2. The summed E-state index contributed by atoms with van der Waals surface area (Å²) in [7, 11) is -3.46. The fourth-order valence-electron chi connectivity index (χ4n) is 2.40. The SMILES string of the molecule is Cc1n[nH]c(C)c1S(=O)(=O)N1CCC[C@@H]1CN. The molecule has 0 amide bonds. The Labute approximate surface area is 101 Å². The third-order valence-electron chi connectivity index (χ3n) is 3.22. The number of aromatic nitrogens is 2. The van der Waals surface area contributed by atoms with Gasteiger partial charge in [-0.15, -0.1) is 0 Å². The van der Waals surface area contributed by atoms with Crippen LogP contribution in [-0.4, -0.2) is 42.1 Å². The van der Waals surface area contributed by atoms with E-state index in [-0.39, 0.29) is 6.04 Å². The van der Waals surface area contributed by atoms with Crippen molar-refractivity contribution in [3.05, 3.63) is 11.4 Å². The van der Waals surface area contributed by atoms with Gasteiger partial charge in [-0.3, -0.25) is 5.10 Å². The van der Waals surface area contributed by atoms with Gasteiger partial charge in [-0.05, 0) is 26.7 Å². The molecule has 1 aromatic heterocycles. The van der Waals surface area contributed by atoms with E-state index in [0.717, 1.165) is 12.8 Å². The third kappa shape index (κ3) is 1.98. The lowest BCUT2D eigenvalue weighted by atomic mass is 10.2. The van der Waals surface area contributed by atoms with Gasteiger partial charge in [-0.2, -0.15) is 9.40 Å². The topological polar surface area (TPSA) is 92.1 Å². The number of aromatic amines is 1. The van der Waals surface area contributed by atoms with Crippen LogP contribution in [0.5, 0.6) is 0 Å². The first kappa shape index (κ1) is 12.5. The number of sulfonamides is 1. The average Bonchev–Trinajstić information content (AvgIpc) is 2.85. The monoisotopic (exact) mass is 258 g/mol. The van der Waals surface area contributed by atoms with E-state index in [1.54, 1.807) is 13.8 Å². The highest BCUT2D eigenvalue weighted by molar-refractivity contribution is 7.89. The molecule has 0 unspecified atom stereocenters. The Morgan fingerprint density at radius 1 is 1.53 bits per heavy atom.